The fourth-order valence-electron chi connectivity index (χ4n) is 6.54. The molecule has 2 heterocycles. The minimum Gasteiger partial charge on any atom is -0.456 e. The monoisotopic (exact) mass is 614 g/mol. The number of nitrogens with zero attached hydrogens (tertiary/aromatic N) is 1. The average Bonchev–Trinajstić information content (AvgIpc) is 3.35. The fraction of sp³-hybridized carbons (Fsp3) is 0.205. The zero-order valence-corrected chi connectivity index (χ0v) is 26.4. The number of halogens is 1. The Labute approximate surface area is 269 Å². The lowest BCUT2D eigenvalue weighted by molar-refractivity contribution is 0.0224. The van der Waals surface area contributed by atoms with Gasteiger partial charge in [-0.2, -0.15) is 0 Å². The molecule has 0 saturated carbocycles. The summed E-state index contributed by atoms with van der Waals surface area (Å²) in [7, 11) is 0. The van der Waals surface area contributed by atoms with Gasteiger partial charge in [0, 0.05) is 57.1 Å². The van der Waals surface area contributed by atoms with E-state index in [2.05, 4.69) is 60.5 Å². The molecule has 0 aromatic heterocycles. The van der Waals surface area contributed by atoms with E-state index in [1.165, 1.54) is 18.4 Å². The van der Waals surface area contributed by atoms with Gasteiger partial charge in [-0.1, -0.05) is 55.3 Å². The van der Waals surface area contributed by atoms with Gasteiger partial charge >= 0.3 is 5.97 Å². The quantitative estimate of drug-likeness (QED) is 0.176. The summed E-state index contributed by atoms with van der Waals surface area (Å²) in [5.74, 6) is 0.978. The number of rotatable bonds is 8. The molecule has 0 bridgehead atoms. The van der Waals surface area contributed by atoms with Crippen LogP contribution in [0.3, 0.4) is 0 Å². The van der Waals surface area contributed by atoms with Crippen LogP contribution in [0, 0.1) is 6.92 Å². The maximum atomic E-state index is 13.4. The van der Waals surface area contributed by atoms with Gasteiger partial charge < -0.3 is 19.7 Å². The van der Waals surface area contributed by atoms with Crippen LogP contribution in [0.5, 0.6) is 11.5 Å². The number of carbonyl (C=O) groups excluding carboxylic acids is 1. The summed E-state index contributed by atoms with van der Waals surface area (Å²) >= 11 is 6.13. The van der Waals surface area contributed by atoms with E-state index in [1.54, 1.807) is 0 Å². The molecule has 2 aliphatic rings. The zero-order chi connectivity index (χ0) is 31.1. The van der Waals surface area contributed by atoms with Gasteiger partial charge in [0.25, 0.3) is 0 Å². The molecule has 6 heteroatoms. The molecular formula is C39H35ClN2O3. The number of benzene rings is 5. The van der Waals surface area contributed by atoms with Gasteiger partial charge in [-0.05, 0) is 105 Å². The van der Waals surface area contributed by atoms with E-state index in [1.807, 2.05) is 73.7 Å². The Balaban J connectivity index is 1.34. The molecule has 0 fully saturated rings. The summed E-state index contributed by atoms with van der Waals surface area (Å²) < 4.78 is 13.1. The molecule has 7 rings (SSSR count). The molecule has 0 amide bonds. The number of aryl methyl sites for hydroxylation is 2. The second-order valence-corrected chi connectivity index (χ2v) is 12.1. The van der Waals surface area contributed by atoms with Crippen LogP contribution in [0.25, 0.3) is 0 Å². The predicted molar refractivity (Wildman–Crippen MR) is 182 cm³/mol. The summed E-state index contributed by atoms with van der Waals surface area (Å²) in [6.45, 7) is 7.19. The number of hydrogen-bond acceptors (Lipinski definition) is 5. The molecular weight excluding hydrogens is 580 g/mol. The van der Waals surface area contributed by atoms with Crippen molar-refractivity contribution in [2.45, 2.75) is 45.6 Å². The Kier molecular flexibility index (Phi) is 7.50. The molecule has 0 radical (unpaired) electrons. The number of nitrogens with one attached hydrogen (secondary N) is 1. The first-order chi connectivity index (χ1) is 21.9. The summed E-state index contributed by atoms with van der Waals surface area (Å²) in [4.78, 5) is 15.7. The topological polar surface area (TPSA) is 50.8 Å². The van der Waals surface area contributed by atoms with Gasteiger partial charge in [0.2, 0.25) is 0 Å². The van der Waals surface area contributed by atoms with Crippen LogP contribution in [0.1, 0.15) is 64.9 Å². The molecule has 1 N–H and O–H groups in total. The van der Waals surface area contributed by atoms with Crippen molar-refractivity contribution in [3.63, 3.8) is 0 Å². The maximum absolute atomic E-state index is 13.4. The normalized spacial score (nSPS) is 16.0. The van der Waals surface area contributed by atoms with Crippen LogP contribution in [-0.2, 0) is 16.8 Å². The van der Waals surface area contributed by atoms with Crippen LogP contribution in [0.4, 0.5) is 22.7 Å². The number of anilines is 4. The Morgan fingerprint density at radius 1 is 0.800 bits per heavy atom. The maximum Gasteiger partial charge on any atom is 0.340 e. The number of unbranched alkanes of at least 4 members (excludes halogenated alkanes) is 1. The van der Waals surface area contributed by atoms with Gasteiger partial charge in [-0.15, -0.1) is 0 Å². The van der Waals surface area contributed by atoms with Crippen LogP contribution in [0.2, 0.25) is 5.02 Å². The Hall–Kier alpha value is -4.74. The van der Waals surface area contributed by atoms with Crippen molar-refractivity contribution in [1.82, 2.24) is 0 Å². The molecule has 0 saturated heterocycles. The standard InChI is InChI=1S/C39H35ClN2O3/c1-4-6-9-26-12-18-29(19-13-26)42(5-2)30-20-21-33-37(23-30)44-36-22-25(3)35(41-28-16-14-27(40)15-17-28)24-34(36)39(33)32-11-8-7-10-31(32)38(43)45-39/h7-8,10-24,41H,4-6,9H2,1-3H3. The summed E-state index contributed by atoms with van der Waals surface area (Å²) in [6.07, 6.45) is 3.46. The summed E-state index contributed by atoms with van der Waals surface area (Å²) in [5, 5.41) is 4.19. The molecule has 1 unspecified atom stereocenters. The van der Waals surface area contributed by atoms with Crippen LogP contribution >= 0.6 is 11.6 Å². The number of esters is 1. The molecule has 1 atom stereocenters. The molecule has 226 valence electrons. The van der Waals surface area contributed by atoms with Crippen molar-refractivity contribution in [3.05, 3.63) is 142 Å². The molecule has 5 aromatic rings. The van der Waals surface area contributed by atoms with E-state index in [9.17, 15) is 4.79 Å². The molecule has 5 nitrogen and oxygen atoms in total. The lowest BCUT2D eigenvalue weighted by Gasteiger charge is -2.38. The first kappa shape index (κ1) is 29.0. The SMILES string of the molecule is CCCCc1ccc(N(CC)c2ccc3c(c2)Oc2cc(C)c(Nc4ccc(Cl)cc4)cc2C32OC(=O)c3ccccc32)cc1. The highest BCUT2D eigenvalue weighted by atomic mass is 35.5. The van der Waals surface area contributed by atoms with E-state index in [0.717, 1.165) is 58.0 Å². The van der Waals surface area contributed by atoms with Crippen molar-refractivity contribution in [3.8, 4) is 11.5 Å². The Morgan fingerprint density at radius 2 is 1.53 bits per heavy atom. The van der Waals surface area contributed by atoms with Crippen LogP contribution < -0.4 is 15.0 Å². The second-order valence-electron chi connectivity index (χ2n) is 11.7. The summed E-state index contributed by atoms with van der Waals surface area (Å²) in [5.41, 5.74) is 8.05. The predicted octanol–water partition coefficient (Wildman–Crippen LogP) is 10.5. The average molecular weight is 615 g/mol. The third-order valence-corrected chi connectivity index (χ3v) is 9.11. The van der Waals surface area contributed by atoms with Crippen molar-refractivity contribution < 1.29 is 14.3 Å². The number of fused-ring (bicyclic) bond motifs is 6. The largest absolute Gasteiger partial charge is 0.456 e. The summed E-state index contributed by atoms with van der Waals surface area (Å²) in [6, 6.07) is 34.3. The van der Waals surface area contributed by atoms with Crippen molar-refractivity contribution in [2.75, 3.05) is 16.8 Å². The van der Waals surface area contributed by atoms with Gasteiger partial charge in [-0.25, -0.2) is 4.79 Å². The lowest BCUT2D eigenvalue weighted by Crippen LogP contribution is -2.33. The minimum atomic E-state index is -1.16. The Morgan fingerprint density at radius 3 is 2.29 bits per heavy atom. The van der Waals surface area contributed by atoms with Gasteiger partial charge in [-0.3, -0.25) is 0 Å². The first-order valence-corrected chi connectivity index (χ1v) is 16.0. The van der Waals surface area contributed by atoms with E-state index >= 15 is 0 Å². The molecule has 0 aliphatic carbocycles. The molecule has 5 aromatic carbocycles. The lowest BCUT2D eigenvalue weighted by atomic mass is 9.77. The smallest absolute Gasteiger partial charge is 0.340 e. The van der Waals surface area contributed by atoms with Crippen molar-refractivity contribution in [1.29, 1.82) is 0 Å². The zero-order valence-electron chi connectivity index (χ0n) is 25.7. The van der Waals surface area contributed by atoms with Gasteiger partial charge in [0.15, 0.2) is 5.60 Å². The van der Waals surface area contributed by atoms with Crippen molar-refractivity contribution in [2.24, 2.45) is 0 Å². The van der Waals surface area contributed by atoms with Gasteiger partial charge in [0.1, 0.15) is 11.5 Å². The molecule has 1 spiro atoms. The first-order valence-electron chi connectivity index (χ1n) is 15.6. The van der Waals surface area contributed by atoms with E-state index in [-0.39, 0.29) is 5.97 Å². The number of carbonyl (C=O) groups is 1. The van der Waals surface area contributed by atoms with Gasteiger partial charge in [0.05, 0.1) is 5.56 Å². The van der Waals surface area contributed by atoms with Crippen LogP contribution in [0.15, 0.2) is 103 Å². The highest BCUT2D eigenvalue weighted by molar-refractivity contribution is 6.30. The number of hydrogen-bond donors (Lipinski definition) is 1. The Bertz CT molecular complexity index is 1900. The molecule has 2 aliphatic heterocycles. The molecule has 45 heavy (non-hydrogen) atoms. The highest BCUT2D eigenvalue weighted by Crippen LogP contribution is 2.57. The van der Waals surface area contributed by atoms with E-state index in [0.29, 0.717) is 22.1 Å². The fourth-order valence-corrected chi connectivity index (χ4v) is 6.66. The third-order valence-electron chi connectivity index (χ3n) is 8.86. The van der Waals surface area contributed by atoms with E-state index in [4.69, 9.17) is 21.1 Å². The minimum absolute atomic E-state index is 0.348. The number of ether oxygens (including phenoxy) is 2. The third kappa shape index (κ3) is 5.01. The highest BCUT2D eigenvalue weighted by Gasteiger charge is 2.53. The van der Waals surface area contributed by atoms with E-state index < -0.39 is 5.60 Å². The van der Waals surface area contributed by atoms with Crippen LogP contribution in [-0.4, -0.2) is 12.5 Å². The van der Waals surface area contributed by atoms with Crippen molar-refractivity contribution >= 4 is 40.3 Å². The second kappa shape index (κ2) is 11.6.